The first-order chi connectivity index (χ1) is 14.5. The molecule has 0 spiro atoms. The highest BCUT2D eigenvalue weighted by atomic mass is 16.1. The second-order valence-electron chi connectivity index (χ2n) is 7.39. The van der Waals surface area contributed by atoms with Crippen molar-refractivity contribution in [3.05, 3.63) is 94.5 Å². The topological polar surface area (TPSA) is 72.2 Å². The van der Waals surface area contributed by atoms with Gasteiger partial charge in [-0.25, -0.2) is 15.0 Å². The van der Waals surface area contributed by atoms with Crippen LogP contribution in [0.3, 0.4) is 0 Å². The number of aromatic nitrogens is 3. The number of rotatable bonds is 5. The molecule has 2 aromatic heterocycles. The molecule has 0 unspecified atom stereocenters. The molecule has 0 atom stereocenters. The third-order valence-corrected chi connectivity index (χ3v) is 5.00. The summed E-state index contributed by atoms with van der Waals surface area (Å²) in [5.41, 5.74) is 7.05. The fourth-order valence-corrected chi connectivity index (χ4v) is 3.23. The number of para-hydroxylation sites is 1. The Morgan fingerprint density at radius 1 is 1.03 bits per heavy atom. The summed E-state index contributed by atoms with van der Waals surface area (Å²) in [6.07, 6.45) is 3.46. The molecule has 6 nitrogen and oxygen atoms in total. The monoisotopic (exact) mass is 397 g/mol. The highest BCUT2D eigenvalue weighted by Gasteiger charge is 2.13. The molecule has 0 aliphatic carbocycles. The number of anilines is 1. The normalized spacial score (nSPS) is 11.8. The third kappa shape index (κ3) is 3.85. The van der Waals surface area contributed by atoms with Crippen molar-refractivity contribution in [2.45, 2.75) is 26.7 Å². The number of hydrogen-bond acceptors (Lipinski definition) is 5. The largest absolute Gasteiger partial charge is 0.268 e. The van der Waals surface area contributed by atoms with Gasteiger partial charge < -0.3 is 0 Å². The molecule has 0 amide bonds. The van der Waals surface area contributed by atoms with Gasteiger partial charge >= 0.3 is 0 Å². The quantitative estimate of drug-likeness (QED) is 0.390. The Balaban J connectivity index is 1.83. The SMILES string of the molecule is C/C(=N/Nc1nc2ccccc2c(=O)n1-c1ccc(C(C)C)cc1)c1cccnc1. The van der Waals surface area contributed by atoms with Crippen molar-refractivity contribution < 1.29 is 0 Å². The highest BCUT2D eigenvalue weighted by Crippen LogP contribution is 2.20. The van der Waals surface area contributed by atoms with Gasteiger partial charge in [0, 0.05) is 18.0 Å². The second kappa shape index (κ2) is 8.29. The molecular weight excluding hydrogens is 374 g/mol. The van der Waals surface area contributed by atoms with Crippen LogP contribution in [0.5, 0.6) is 0 Å². The fourth-order valence-electron chi connectivity index (χ4n) is 3.23. The van der Waals surface area contributed by atoms with E-state index in [-0.39, 0.29) is 5.56 Å². The minimum absolute atomic E-state index is 0.144. The van der Waals surface area contributed by atoms with Crippen LogP contribution in [0.4, 0.5) is 5.95 Å². The minimum atomic E-state index is -0.144. The number of pyridine rings is 1. The van der Waals surface area contributed by atoms with Gasteiger partial charge in [0.15, 0.2) is 0 Å². The van der Waals surface area contributed by atoms with Crippen LogP contribution in [0.15, 0.2) is 83.0 Å². The molecule has 0 saturated carbocycles. The lowest BCUT2D eigenvalue weighted by atomic mass is 10.0. The number of hydrogen-bond donors (Lipinski definition) is 1. The first kappa shape index (κ1) is 19.5. The van der Waals surface area contributed by atoms with Crippen LogP contribution in [0.1, 0.15) is 37.8 Å². The Hall–Kier alpha value is -3.80. The Kier molecular flexibility index (Phi) is 5.39. The van der Waals surface area contributed by atoms with Crippen LogP contribution in [0.2, 0.25) is 0 Å². The smallest absolute Gasteiger partial charge is 0.267 e. The van der Waals surface area contributed by atoms with Gasteiger partial charge in [0.2, 0.25) is 5.95 Å². The van der Waals surface area contributed by atoms with E-state index in [1.54, 1.807) is 23.0 Å². The van der Waals surface area contributed by atoms with Crippen LogP contribution in [-0.2, 0) is 0 Å². The van der Waals surface area contributed by atoms with Gasteiger partial charge in [-0.15, -0.1) is 0 Å². The van der Waals surface area contributed by atoms with Gasteiger partial charge in [-0.3, -0.25) is 9.78 Å². The maximum atomic E-state index is 13.3. The van der Waals surface area contributed by atoms with E-state index < -0.39 is 0 Å². The van der Waals surface area contributed by atoms with Crippen molar-refractivity contribution in [2.24, 2.45) is 5.10 Å². The lowest BCUT2D eigenvalue weighted by Crippen LogP contribution is -2.23. The zero-order chi connectivity index (χ0) is 21.1. The van der Waals surface area contributed by atoms with Gasteiger partial charge in [0.25, 0.3) is 5.56 Å². The number of hydrazone groups is 1. The van der Waals surface area contributed by atoms with Crippen LogP contribution < -0.4 is 11.0 Å². The van der Waals surface area contributed by atoms with Crippen molar-refractivity contribution in [2.75, 3.05) is 5.43 Å². The Labute approximate surface area is 174 Å². The Morgan fingerprint density at radius 2 is 1.80 bits per heavy atom. The molecule has 2 heterocycles. The van der Waals surface area contributed by atoms with E-state index >= 15 is 0 Å². The number of fused-ring (bicyclic) bond motifs is 1. The van der Waals surface area contributed by atoms with Gasteiger partial charge in [-0.05, 0) is 48.7 Å². The zero-order valence-corrected chi connectivity index (χ0v) is 17.2. The standard InChI is InChI=1S/C24H23N5O/c1-16(2)18-10-12-20(13-11-18)29-23(30)21-8-4-5-9-22(21)26-24(29)28-27-17(3)19-7-6-14-25-15-19/h4-16H,1-3H3,(H,26,28)/b27-17-. The molecule has 4 rings (SSSR count). The van der Waals surface area contributed by atoms with E-state index in [1.807, 2.05) is 61.5 Å². The second-order valence-corrected chi connectivity index (χ2v) is 7.39. The van der Waals surface area contributed by atoms with Gasteiger partial charge in [0.05, 0.1) is 22.3 Å². The van der Waals surface area contributed by atoms with Crippen LogP contribution in [-0.4, -0.2) is 20.2 Å². The van der Waals surface area contributed by atoms with Gasteiger partial charge in [-0.1, -0.05) is 44.2 Å². The first-order valence-electron chi connectivity index (χ1n) is 9.87. The number of benzene rings is 2. The molecule has 4 aromatic rings. The van der Waals surface area contributed by atoms with Gasteiger partial charge in [0.1, 0.15) is 0 Å². The van der Waals surface area contributed by atoms with Crippen molar-refractivity contribution in [3.63, 3.8) is 0 Å². The summed E-state index contributed by atoms with van der Waals surface area (Å²) in [6.45, 7) is 6.16. The van der Waals surface area contributed by atoms with Gasteiger partial charge in [-0.2, -0.15) is 5.10 Å². The van der Waals surface area contributed by atoms with E-state index in [0.717, 1.165) is 17.0 Å². The molecule has 0 fully saturated rings. The summed E-state index contributed by atoms with van der Waals surface area (Å²) < 4.78 is 1.56. The van der Waals surface area contributed by atoms with Crippen LogP contribution >= 0.6 is 0 Å². The maximum absolute atomic E-state index is 13.3. The molecule has 6 heteroatoms. The average molecular weight is 397 g/mol. The van der Waals surface area contributed by atoms with E-state index in [9.17, 15) is 4.79 Å². The Morgan fingerprint density at radius 3 is 2.50 bits per heavy atom. The van der Waals surface area contributed by atoms with Crippen molar-refractivity contribution in [1.29, 1.82) is 0 Å². The minimum Gasteiger partial charge on any atom is -0.268 e. The third-order valence-electron chi connectivity index (χ3n) is 5.00. The van der Waals surface area contributed by atoms with Crippen LogP contribution in [0.25, 0.3) is 16.6 Å². The highest BCUT2D eigenvalue weighted by molar-refractivity contribution is 5.98. The predicted molar refractivity (Wildman–Crippen MR) is 121 cm³/mol. The molecule has 0 saturated heterocycles. The van der Waals surface area contributed by atoms with Crippen molar-refractivity contribution in [3.8, 4) is 5.69 Å². The molecule has 0 aliphatic heterocycles. The summed E-state index contributed by atoms with van der Waals surface area (Å²) in [5.74, 6) is 0.772. The summed E-state index contributed by atoms with van der Waals surface area (Å²) in [6, 6.07) is 19.1. The number of nitrogens with zero attached hydrogens (tertiary/aromatic N) is 4. The molecular formula is C24H23N5O. The van der Waals surface area contributed by atoms with Crippen molar-refractivity contribution in [1.82, 2.24) is 14.5 Å². The first-order valence-corrected chi connectivity index (χ1v) is 9.87. The average Bonchev–Trinajstić information content (AvgIpc) is 2.78. The molecule has 1 N–H and O–H groups in total. The maximum Gasteiger partial charge on any atom is 0.267 e. The molecule has 150 valence electrons. The van der Waals surface area contributed by atoms with Crippen molar-refractivity contribution >= 4 is 22.6 Å². The van der Waals surface area contributed by atoms with E-state index in [2.05, 4.69) is 34.3 Å². The summed E-state index contributed by atoms with van der Waals surface area (Å²) in [7, 11) is 0. The summed E-state index contributed by atoms with van der Waals surface area (Å²) in [4.78, 5) is 22.1. The Bertz CT molecular complexity index is 1260. The molecule has 0 radical (unpaired) electrons. The van der Waals surface area contributed by atoms with E-state index in [0.29, 0.717) is 22.8 Å². The molecule has 0 aliphatic rings. The van der Waals surface area contributed by atoms with Crippen LogP contribution in [0, 0.1) is 0 Å². The predicted octanol–water partition coefficient (Wildman–Crippen LogP) is 4.74. The summed E-state index contributed by atoms with van der Waals surface area (Å²) in [5, 5.41) is 5.01. The molecule has 2 aromatic carbocycles. The number of nitrogens with one attached hydrogen (secondary N) is 1. The molecule has 0 bridgehead atoms. The fraction of sp³-hybridized carbons (Fsp3) is 0.167. The van der Waals surface area contributed by atoms with E-state index in [1.165, 1.54) is 5.56 Å². The van der Waals surface area contributed by atoms with E-state index in [4.69, 9.17) is 0 Å². The zero-order valence-electron chi connectivity index (χ0n) is 17.2. The molecule has 30 heavy (non-hydrogen) atoms. The summed E-state index contributed by atoms with van der Waals surface area (Å²) >= 11 is 0. The lowest BCUT2D eigenvalue weighted by Gasteiger charge is -2.14. The lowest BCUT2D eigenvalue weighted by molar-refractivity contribution is 0.863.